The van der Waals surface area contributed by atoms with Crippen molar-refractivity contribution in [3.05, 3.63) is 71.7 Å². The van der Waals surface area contributed by atoms with Gasteiger partial charge in [0.25, 0.3) is 5.91 Å². The first-order valence-corrected chi connectivity index (χ1v) is 7.10. The van der Waals surface area contributed by atoms with Crippen LogP contribution in [-0.2, 0) is 13.6 Å². The lowest BCUT2D eigenvalue weighted by atomic mass is 10.2. The van der Waals surface area contributed by atoms with E-state index in [-0.39, 0.29) is 11.7 Å². The molecule has 0 spiro atoms. The number of aryl methyl sites for hydroxylation is 1. The molecular weight excluding hydrogens is 279 g/mol. The predicted octanol–water partition coefficient (Wildman–Crippen LogP) is 3.59. The van der Waals surface area contributed by atoms with E-state index in [1.54, 1.807) is 18.0 Å². The maximum absolute atomic E-state index is 13.2. The van der Waals surface area contributed by atoms with Gasteiger partial charge in [0.15, 0.2) is 0 Å². The maximum Gasteiger partial charge on any atom is 0.270 e. The van der Waals surface area contributed by atoms with Crippen LogP contribution in [-0.4, -0.2) is 22.4 Å². The molecule has 3 nitrogen and oxygen atoms in total. The molecule has 0 bridgehead atoms. The Morgan fingerprint density at radius 3 is 2.64 bits per heavy atom. The van der Waals surface area contributed by atoms with E-state index in [0.717, 1.165) is 16.5 Å². The fourth-order valence-corrected chi connectivity index (χ4v) is 2.67. The summed E-state index contributed by atoms with van der Waals surface area (Å²) in [6, 6.07) is 16.1. The third-order valence-corrected chi connectivity index (χ3v) is 3.83. The average molecular weight is 296 g/mol. The van der Waals surface area contributed by atoms with Gasteiger partial charge in [0, 0.05) is 31.5 Å². The first kappa shape index (κ1) is 14.3. The minimum atomic E-state index is -0.289. The molecule has 0 fully saturated rings. The Kier molecular flexibility index (Phi) is 3.67. The van der Waals surface area contributed by atoms with Gasteiger partial charge in [0.05, 0.1) is 0 Å². The summed E-state index contributed by atoms with van der Waals surface area (Å²) in [5.74, 6) is -0.370. The van der Waals surface area contributed by atoms with Crippen molar-refractivity contribution in [1.29, 1.82) is 0 Å². The molecule has 1 amide bonds. The van der Waals surface area contributed by atoms with Crippen molar-refractivity contribution in [2.45, 2.75) is 6.54 Å². The van der Waals surface area contributed by atoms with Gasteiger partial charge in [-0.2, -0.15) is 0 Å². The molecule has 2 aromatic carbocycles. The van der Waals surface area contributed by atoms with Gasteiger partial charge in [-0.1, -0.05) is 30.3 Å². The standard InChI is InChI=1S/C18H17FN2O/c1-20(12-13-6-5-8-15(19)10-13)18(22)17-11-14-7-3-4-9-16(14)21(17)2/h3-11H,12H2,1-2H3. The highest BCUT2D eigenvalue weighted by Gasteiger charge is 2.17. The molecule has 1 aromatic heterocycles. The summed E-state index contributed by atoms with van der Waals surface area (Å²) in [7, 11) is 3.61. The SMILES string of the molecule is CN(Cc1cccc(F)c1)C(=O)c1cc2ccccc2n1C. The summed E-state index contributed by atoms with van der Waals surface area (Å²) in [6.45, 7) is 0.373. The monoisotopic (exact) mass is 296 g/mol. The Balaban J connectivity index is 1.87. The zero-order valence-electron chi connectivity index (χ0n) is 12.6. The molecule has 22 heavy (non-hydrogen) atoms. The summed E-state index contributed by atoms with van der Waals surface area (Å²) in [4.78, 5) is 14.2. The summed E-state index contributed by atoms with van der Waals surface area (Å²) in [5.41, 5.74) is 2.42. The molecule has 3 aromatic rings. The number of aromatic nitrogens is 1. The molecule has 112 valence electrons. The summed E-state index contributed by atoms with van der Waals surface area (Å²) >= 11 is 0. The third kappa shape index (κ3) is 2.60. The van der Waals surface area contributed by atoms with Gasteiger partial charge in [0.1, 0.15) is 11.5 Å². The largest absolute Gasteiger partial charge is 0.340 e. The van der Waals surface area contributed by atoms with Crippen molar-refractivity contribution in [2.24, 2.45) is 7.05 Å². The van der Waals surface area contributed by atoms with E-state index < -0.39 is 0 Å². The van der Waals surface area contributed by atoms with Gasteiger partial charge in [-0.05, 0) is 29.8 Å². The summed E-state index contributed by atoms with van der Waals surface area (Å²) < 4.78 is 15.1. The van der Waals surface area contributed by atoms with Crippen molar-refractivity contribution in [1.82, 2.24) is 9.47 Å². The molecule has 0 N–H and O–H groups in total. The number of fused-ring (bicyclic) bond motifs is 1. The molecule has 4 heteroatoms. The Morgan fingerprint density at radius 1 is 1.14 bits per heavy atom. The van der Waals surface area contributed by atoms with Gasteiger partial charge < -0.3 is 9.47 Å². The fourth-order valence-electron chi connectivity index (χ4n) is 2.67. The molecule has 3 rings (SSSR count). The van der Waals surface area contributed by atoms with E-state index in [4.69, 9.17) is 0 Å². The second-order valence-electron chi connectivity index (χ2n) is 5.44. The number of para-hydroxylation sites is 1. The van der Waals surface area contributed by atoms with E-state index in [1.165, 1.54) is 12.1 Å². The zero-order chi connectivity index (χ0) is 15.7. The number of benzene rings is 2. The highest BCUT2D eigenvalue weighted by molar-refractivity contribution is 5.98. The third-order valence-electron chi connectivity index (χ3n) is 3.83. The van der Waals surface area contributed by atoms with E-state index in [1.807, 2.05) is 48.0 Å². The Morgan fingerprint density at radius 2 is 1.91 bits per heavy atom. The number of halogens is 1. The zero-order valence-corrected chi connectivity index (χ0v) is 12.6. The van der Waals surface area contributed by atoms with Gasteiger partial charge in [0.2, 0.25) is 0 Å². The predicted molar refractivity (Wildman–Crippen MR) is 85.1 cm³/mol. The molecule has 0 radical (unpaired) electrons. The van der Waals surface area contributed by atoms with Gasteiger partial charge in [-0.15, -0.1) is 0 Å². The minimum absolute atomic E-state index is 0.0806. The number of amides is 1. The number of rotatable bonds is 3. The molecule has 0 aliphatic heterocycles. The van der Waals surface area contributed by atoms with E-state index in [2.05, 4.69) is 0 Å². The first-order valence-electron chi connectivity index (χ1n) is 7.10. The van der Waals surface area contributed by atoms with Crippen molar-refractivity contribution < 1.29 is 9.18 Å². The Bertz CT molecular complexity index is 838. The van der Waals surface area contributed by atoms with Crippen molar-refractivity contribution in [3.8, 4) is 0 Å². The molecule has 0 aliphatic rings. The highest BCUT2D eigenvalue weighted by atomic mass is 19.1. The lowest BCUT2D eigenvalue weighted by Crippen LogP contribution is -2.27. The summed E-state index contributed by atoms with van der Waals surface area (Å²) in [6.07, 6.45) is 0. The van der Waals surface area contributed by atoms with Crippen LogP contribution in [0.1, 0.15) is 16.1 Å². The Hall–Kier alpha value is -2.62. The quantitative estimate of drug-likeness (QED) is 0.725. The highest BCUT2D eigenvalue weighted by Crippen LogP contribution is 2.20. The minimum Gasteiger partial charge on any atom is -0.340 e. The van der Waals surface area contributed by atoms with Crippen LogP contribution < -0.4 is 0 Å². The first-order chi connectivity index (χ1) is 10.6. The molecule has 1 heterocycles. The normalized spacial score (nSPS) is 10.9. The lowest BCUT2D eigenvalue weighted by Gasteiger charge is -2.17. The second kappa shape index (κ2) is 5.64. The van der Waals surface area contributed by atoms with Crippen LogP contribution in [0.5, 0.6) is 0 Å². The van der Waals surface area contributed by atoms with Crippen molar-refractivity contribution >= 4 is 16.8 Å². The fraction of sp³-hybridized carbons (Fsp3) is 0.167. The summed E-state index contributed by atoms with van der Waals surface area (Å²) in [5, 5.41) is 1.03. The number of nitrogens with zero attached hydrogens (tertiary/aromatic N) is 2. The lowest BCUT2D eigenvalue weighted by molar-refractivity contribution is 0.0776. The van der Waals surface area contributed by atoms with Crippen LogP contribution in [0, 0.1) is 5.82 Å². The smallest absolute Gasteiger partial charge is 0.270 e. The molecule has 0 saturated carbocycles. The molecule has 0 atom stereocenters. The number of carbonyl (C=O) groups excluding carboxylic acids is 1. The van der Waals surface area contributed by atoms with Crippen LogP contribution in [0.4, 0.5) is 4.39 Å². The van der Waals surface area contributed by atoms with Crippen LogP contribution in [0.15, 0.2) is 54.6 Å². The maximum atomic E-state index is 13.2. The van der Waals surface area contributed by atoms with E-state index >= 15 is 0 Å². The second-order valence-corrected chi connectivity index (χ2v) is 5.44. The van der Waals surface area contributed by atoms with Crippen LogP contribution in [0.2, 0.25) is 0 Å². The average Bonchev–Trinajstić information content (AvgIpc) is 2.84. The van der Waals surface area contributed by atoms with Crippen molar-refractivity contribution in [3.63, 3.8) is 0 Å². The van der Waals surface area contributed by atoms with E-state index in [0.29, 0.717) is 12.2 Å². The van der Waals surface area contributed by atoms with Crippen LogP contribution >= 0.6 is 0 Å². The van der Waals surface area contributed by atoms with Crippen molar-refractivity contribution in [2.75, 3.05) is 7.05 Å². The number of carbonyl (C=O) groups is 1. The topological polar surface area (TPSA) is 25.2 Å². The molecule has 0 saturated heterocycles. The number of hydrogen-bond donors (Lipinski definition) is 0. The van der Waals surface area contributed by atoms with E-state index in [9.17, 15) is 9.18 Å². The molecule has 0 aliphatic carbocycles. The van der Waals surface area contributed by atoms with Gasteiger partial charge in [-0.3, -0.25) is 4.79 Å². The van der Waals surface area contributed by atoms with Gasteiger partial charge >= 0.3 is 0 Å². The Labute approximate surface area is 128 Å². The van der Waals surface area contributed by atoms with Crippen LogP contribution in [0.25, 0.3) is 10.9 Å². The van der Waals surface area contributed by atoms with Gasteiger partial charge in [-0.25, -0.2) is 4.39 Å². The van der Waals surface area contributed by atoms with Crippen LogP contribution in [0.3, 0.4) is 0 Å². The molecule has 0 unspecified atom stereocenters. The number of hydrogen-bond acceptors (Lipinski definition) is 1. The molecular formula is C18H17FN2O.